The van der Waals surface area contributed by atoms with Crippen molar-refractivity contribution in [2.45, 2.75) is 39.3 Å². The van der Waals surface area contributed by atoms with Gasteiger partial charge in [-0.3, -0.25) is 0 Å². The van der Waals surface area contributed by atoms with Crippen molar-refractivity contribution in [1.29, 1.82) is 0 Å². The zero-order valence-electron chi connectivity index (χ0n) is 6.44. The van der Waals surface area contributed by atoms with E-state index in [9.17, 15) is 0 Å². The lowest BCUT2D eigenvalue weighted by molar-refractivity contribution is 0.485. The van der Waals surface area contributed by atoms with Gasteiger partial charge in [-0.05, 0) is 27.2 Å². The molecule has 0 bridgehead atoms. The van der Waals surface area contributed by atoms with E-state index in [2.05, 4.69) is 32.2 Å². The molecule has 52 valence electrons. The summed E-state index contributed by atoms with van der Waals surface area (Å²) in [6, 6.07) is 1.25. The highest BCUT2D eigenvalue weighted by Gasteiger charge is 2.10. The van der Waals surface area contributed by atoms with Crippen molar-refractivity contribution in [3.63, 3.8) is 0 Å². The van der Waals surface area contributed by atoms with E-state index < -0.39 is 0 Å². The average molecular weight is 125 g/mol. The van der Waals surface area contributed by atoms with Gasteiger partial charge in [0.15, 0.2) is 0 Å². The fraction of sp³-hybridized carbons (Fsp3) is 0.750. The predicted molar refractivity (Wildman–Crippen MR) is 40.4 cm³/mol. The molecule has 0 spiro atoms. The Morgan fingerprint density at radius 1 is 1.56 bits per heavy atom. The first kappa shape index (κ1) is 6.81. The summed E-state index contributed by atoms with van der Waals surface area (Å²) in [5.74, 6) is 0. The van der Waals surface area contributed by atoms with Crippen LogP contribution in [0.25, 0.3) is 0 Å². The van der Waals surface area contributed by atoms with Crippen molar-refractivity contribution >= 4 is 0 Å². The minimum Gasteiger partial charge on any atom is -0.308 e. The van der Waals surface area contributed by atoms with Crippen molar-refractivity contribution in [3.8, 4) is 0 Å². The second kappa shape index (κ2) is 2.53. The highest BCUT2D eigenvalue weighted by Crippen LogP contribution is 2.11. The highest BCUT2D eigenvalue weighted by molar-refractivity contribution is 5.09. The molecule has 1 rings (SSSR count). The maximum atomic E-state index is 3.43. The molecule has 1 heteroatoms. The van der Waals surface area contributed by atoms with Crippen molar-refractivity contribution in [1.82, 2.24) is 5.32 Å². The summed E-state index contributed by atoms with van der Waals surface area (Å²) in [6.07, 6.45) is 3.50. The zero-order chi connectivity index (χ0) is 6.85. The molecule has 1 nitrogen and oxygen atoms in total. The summed E-state index contributed by atoms with van der Waals surface area (Å²) in [7, 11) is 0. The minimum absolute atomic E-state index is 0.578. The van der Waals surface area contributed by atoms with Crippen LogP contribution in [-0.2, 0) is 0 Å². The van der Waals surface area contributed by atoms with Gasteiger partial charge in [-0.15, -0.1) is 0 Å². The SMILES string of the molecule is CC1=C[C@@H](C)N[C@H](C)C1. The van der Waals surface area contributed by atoms with Gasteiger partial charge in [0.25, 0.3) is 0 Å². The van der Waals surface area contributed by atoms with E-state index in [1.54, 1.807) is 0 Å². The molecule has 0 aromatic carbocycles. The number of hydrogen-bond acceptors (Lipinski definition) is 1. The van der Waals surface area contributed by atoms with Crippen molar-refractivity contribution in [2.24, 2.45) is 0 Å². The normalized spacial score (nSPS) is 36.1. The van der Waals surface area contributed by atoms with Gasteiger partial charge in [0, 0.05) is 12.1 Å². The van der Waals surface area contributed by atoms with Crippen LogP contribution in [0, 0.1) is 0 Å². The van der Waals surface area contributed by atoms with E-state index in [0.717, 1.165) is 0 Å². The average Bonchev–Trinajstić information content (AvgIpc) is 1.59. The molecular weight excluding hydrogens is 110 g/mol. The second-order valence-corrected chi connectivity index (χ2v) is 3.07. The molecule has 0 aliphatic carbocycles. The van der Waals surface area contributed by atoms with E-state index in [1.807, 2.05) is 0 Å². The molecule has 1 aliphatic heterocycles. The molecule has 0 saturated heterocycles. The molecule has 0 unspecified atom stereocenters. The third kappa shape index (κ3) is 1.83. The van der Waals surface area contributed by atoms with Crippen LogP contribution in [0.3, 0.4) is 0 Å². The van der Waals surface area contributed by atoms with Crippen LogP contribution in [0.4, 0.5) is 0 Å². The summed E-state index contributed by atoms with van der Waals surface area (Å²) in [5.41, 5.74) is 1.52. The smallest absolute Gasteiger partial charge is 0.0226 e. The van der Waals surface area contributed by atoms with E-state index in [1.165, 1.54) is 12.0 Å². The Morgan fingerprint density at radius 2 is 2.22 bits per heavy atom. The summed E-state index contributed by atoms with van der Waals surface area (Å²) >= 11 is 0. The van der Waals surface area contributed by atoms with Crippen molar-refractivity contribution in [3.05, 3.63) is 11.6 Å². The van der Waals surface area contributed by atoms with Gasteiger partial charge >= 0.3 is 0 Å². The van der Waals surface area contributed by atoms with Crippen LogP contribution >= 0.6 is 0 Å². The van der Waals surface area contributed by atoms with E-state index in [0.29, 0.717) is 12.1 Å². The first-order valence-corrected chi connectivity index (χ1v) is 3.62. The predicted octanol–water partition coefficient (Wildman–Crippen LogP) is 1.70. The Bertz CT molecular complexity index is 127. The van der Waals surface area contributed by atoms with Crippen LogP contribution in [0.15, 0.2) is 11.6 Å². The lowest BCUT2D eigenvalue weighted by Crippen LogP contribution is -2.36. The Morgan fingerprint density at radius 3 is 2.67 bits per heavy atom. The van der Waals surface area contributed by atoms with Crippen LogP contribution in [0.5, 0.6) is 0 Å². The summed E-state index contributed by atoms with van der Waals surface area (Å²) in [6.45, 7) is 6.62. The Balaban J connectivity index is 2.56. The van der Waals surface area contributed by atoms with Crippen molar-refractivity contribution in [2.75, 3.05) is 0 Å². The van der Waals surface area contributed by atoms with Crippen LogP contribution in [-0.4, -0.2) is 12.1 Å². The van der Waals surface area contributed by atoms with Crippen molar-refractivity contribution < 1.29 is 0 Å². The number of rotatable bonds is 0. The van der Waals surface area contributed by atoms with Crippen LogP contribution < -0.4 is 5.32 Å². The molecule has 0 radical (unpaired) electrons. The molecule has 2 atom stereocenters. The van der Waals surface area contributed by atoms with Gasteiger partial charge < -0.3 is 5.32 Å². The van der Waals surface area contributed by atoms with Gasteiger partial charge in [-0.1, -0.05) is 11.6 Å². The van der Waals surface area contributed by atoms with Gasteiger partial charge in [0.2, 0.25) is 0 Å². The molecule has 0 amide bonds. The standard InChI is InChI=1S/C8H15N/c1-6-4-7(2)9-8(3)5-6/h4,7-9H,5H2,1-3H3/t7-,8-/m1/s1. The Hall–Kier alpha value is -0.300. The first-order chi connectivity index (χ1) is 4.18. The summed E-state index contributed by atoms with van der Waals surface area (Å²) < 4.78 is 0. The molecule has 0 aromatic heterocycles. The fourth-order valence-electron chi connectivity index (χ4n) is 1.53. The molecule has 1 heterocycles. The molecule has 0 aromatic rings. The molecular formula is C8H15N. The first-order valence-electron chi connectivity index (χ1n) is 3.62. The van der Waals surface area contributed by atoms with Gasteiger partial charge in [0.1, 0.15) is 0 Å². The van der Waals surface area contributed by atoms with Gasteiger partial charge in [-0.25, -0.2) is 0 Å². The van der Waals surface area contributed by atoms with Crippen LogP contribution in [0.2, 0.25) is 0 Å². The molecule has 1 aliphatic rings. The number of nitrogens with one attached hydrogen (secondary N) is 1. The molecule has 1 N–H and O–H groups in total. The molecule has 0 fully saturated rings. The summed E-state index contributed by atoms with van der Waals surface area (Å²) in [4.78, 5) is 0. The maximum absolute atomic E-state index is 3.43. The monoisotopic (exact) mass is 125 g/mol. The lowest BCUT2D eigenvalue weighted by Gasteiger charge is -2.23. The topological polar surface area (TPSA) is 12.0 Å². The third-order valence-corrected chi connectivity index (χ3v) is 1.71. The molecule has 9 heavy (non-hydrogen) atoms. The quantitative estimate of drug-likeness (QED) is 0.486. The van der Waals surface area contributed by atoms with E-state index >= 15 is 0 Å². The van der Waals surface area contributed by atoms with E-state index in [-0.39, 0.29) is 0 Å². The zero-order valence-corrected chi connectivity index (χ0v) is 6.44. The highest BCUT2D eigenvalue weighted by atomic mass is 14.9. The number of hydrogen-bond donors (Lipinski definition) is 1. The van der Waals surface area contributed by atoms with E-state index in [4.69, 9.17) is 0 Å². The fourth-order valence-corrected chi connectivity index (χ4v) is 1.53. The summed E-state index contributed by atoms with van der Waals surface area (Å²) in [5, 5.41) is 3.43. The minimum atomic E-state index is 0.578. The van der Waals surface area contributed by atoms with Crippen LogP contribution in [0.1, 0.15) is 27.2 Å². The largest absolute Gasteiger partial charge is 0.308 e. The van der Waals surface area contributed by atoms with Gasteiger partial charge in [-0.2, -0.15) is 0 Å². The van der Waals surface area contributed by atoms with Gasteiger partial charge in [0.05, 0.1) is 0 Å². The third-order valence-electron chi connectivity index (χ3n) is 1.71. The maximum Gasteiger partial charge on any atom is 0.0226 e. The molecule has 0 saturated carbocycles. The lowest BCUT2D eigenvalue weighted by atomic mass is 10.0. The Kier molecular flexibility index (Phi) is 1.91. The second-order valence-electron chi connectivity index (χ2n) is 3.07. The Labute approximate surface area is 57.1 Å².